The number of nitrogens with one attached hydrogen (secondary N) is 1. The third kappa shape index (κ3) is 3.56. The van der Waals surface area contributed by atoms with Crippen LogP contribution in [0.5, 0.6) is 11.5 Å². The number of ether oxygens (including phenoxy) is 2. The fourth-order valence-electron chi connectivity index (χ4n) is 3.38. The minimum Gasteiger partial charge on any atom is -0.486 e. The molecule has 3 heterocycles. The van der Waals surface area contributed by atoms with Crippen LogP contribution >= 0.6 is 11.3 Å². The molecule has 2 aliphatic heterocycles. The van der Waals surface area contributed by atoms with E-state index in [9.17, 15) is 4.79 Å². The molecular formula is C18H21N3O3S. The molecule has 132 valence electrons. The summed E-state index contributed by atoms with van der Waals surface area (Å²) >= 11 is 1.62. The van der Waals surface area contributed by atoms with Crippen molar-refractivity contribution in [3.8, 4) is 11.5 Å². The van der Waals surface area contributed by atoms with Crippen molar-refractivity contribution in [3.05, 3.63) is 40.3 Å². The van der Waals surface area contributed by atoms with Crippen molar-refractivity contribution in [3.63, 3.8) is 0 Å². The molecule has 0 radical (unpaired) electrons. The number of nitrogens with zero attached hydrogens (tertiary/aromatic N) is 2. The lowest BCUT2D eigenvalue weighted by atomic mass is 10.0. The molecule has 2 aromatic rings. The van der Waals surface area contributed by atoms with Gasteiger partial charge in [0.2, 0.25) is 0 Å². The highest BCUT2D eigenvalue weighted by molar-refractivity contribution is 7.09. The van der Waals surface area contributed by atoms with E-state index in [4.69, 9.17) is 9.47 Å². The Kier molecular flexibility index (Phi) is 4.74. The first-order valence-electron chi connectivity index (χ1n) is 8.63. The van der Waals surface area contributed by atoms with Crippen LogP contribution in [0.25, 0.3) is 0 Å². The molecule has 1 saturated heterocycles. The number of carbonyl (C=O) groups is 1. The quantitative estimate of drug-likeness (QED) is 0.911. The topological polar surface area (TPSA) is 63.7 Å². The van der Waals surface area contributed by atoms with Gasteiger partial charge in [-0.2, -0.15) is 0 Å². The molecule has 0 spiro atoms. The van der Waals surface area contributed by atoms with Gasteiger partial charge in [0.05, 0.1) is 11.0 Å². The third-order valence-corrected chi connectivity index (χ3v) is 5.40. The minimum absolute atomic E-state index is 0.00561. The van der Waals surface area contributed by atoms with E-state index in [2.05, 4.69) is 10.3 Å². The van der Waals surface area contributed by atoms with E-state index < -0.39 is 0 Å². The van der Waals surface area contributed by atoms with Crippen molar-refractivity contribution in [2.75, 3.05) is 26.3 Å². The van der Waals surface area contributed by atoms with Crippen molar-refractivity contribution in [2.45, 2.75) is 25.3 Å². The zero-order valence-corrected chi connectivity index (χ0v) is 14.8. The number of hydrogen-bond donors (Lipinski definition) is 1. The van der Waals surface area contributed by atoms with E-state index in [1.54, 1.807) is 17.5 Å². The Morgan fingerprint density at radius 1 is 1.32 bits per heavy atom. The first-order valence-corrected chi connectivity index (χ1v) is 9.51. The zero-order chi connectivity index (χ0) is 17.1. The smallest absolute Gasteiger partial charge is 0.317 e. The number of amides is 2. The highest BCUT2D eigenvalue weighted by atomic mass is 32.1. The van der Waals surface area contributed by atoms with E-state index in [0.29, 0.717) is 19.8 Å². The van der Waals surface area contributed by atoms with Crippen LogP contribution in [-0.2, 0) is 6.42 Å². The lowest BCUT2D eigenvalue weighted by Crippen LogP contribution is -2.40. The number of likely N-dealkylation sites (tertiary alicyclic amines) is 1. The molecule has 2 amide bonds. The molecule has 1 aromatic carbocycles. The summed E-state index contributed by atoms with van der Waals surface area (Å²) in [7, 11) is 0. The number of thiazole rings is 1. The average molecular weight is 359 g/mol. The van der Waals surface area contributed by atoms with Crippen molar-refractivity contribution in [1.82, 2.24) is 15.2 Å². The Morgan fingerprint density at radius 2 is 2.20 bits per heavy atom. The second-order valence-corrected chi connectivity index (χ2v) is 7.14. The predicted octanol–water partition coefficient (Wildman–Crippen LogP) is 3.00. The van der Waals surface area contributed by atoms with E-state index in [1.807, 2.05) is 28.5 Å². The Bertz CT molecular complexity index is 735. The Morgan fingerprint density at radius 3 is 3.04 bits per heavy atom. The zero-order valence-electron chi connectivity index (χ0n) is 13.9. The van der Waals surface area contributed by atoms with Crippen molar-refractivity contribution in [2.24, 2.45) is 0 Å². The molecule has 0 bridgehead atoms. The highest BCUT2D eigenvalue weighted by Crippen LogP contribution is 2.38. The number of hydrogen-bond acceptors (Lipinski definition) is 5. The molecule has 0 saturated carbocycles. The summed E-state index contributed by atoms with van der Waals surface area (Å²) in [5.74, 6) is 1.56. The van der Waals surface area contributed by atoms with Gasteiger partial charge in [-0.25, -0.2) is 9.78 Å². The number of aromatic nitrogens is 1. The Hall–Kier alpha value is -2.28. The second-order valence-electron chi connectivity index (χ2n) is 6.16. The molecule has 25 heavy (non-hydrogen) atoms. The second kappa shape index (κ2) is 7.31. The summed E-state index contributed by atoms with van der Waals surface area (Å²) in [6.07, 6.45) is 4.55. The molecule has 1 N–H and O–H groups in total. The van der Waals surface area contributed by atoms with Crippen molar-refractivity contribution in [1.29, 1.82) is 0 Å². The maximum absolute atomic E-state index is 12.6. The first-order chi connectivity index (χ1) is 12.3. The lowest BCUT2D eigenvalue weighted by molar-refractivity contribution is 0.170. The standard InChI is InChI=1S/C18H21N3O3S/c22-18(20-6-5-17-19-7-11-25-17)21-8-1-2-14(21)13-3-4-15-16(12-13)24-10-9-23-15/h3-4,7,11-12,14H,1-2,5-6,8-10H2,(H,20,22). The van der Waals surface area contributed by atoms with Crippen LogP contribution in [-0.4, -0.2) is 42.2 Å². The van der Waals surface area contributed by atoms with Crippen LogP contribution in [0.4, 0.5) is 4.79 Å². The molecule has 1 fully saturated rings. The fourth-order valence-corrected chi connectivity index (χ4v) is 4.00. The van der Waals surface area contributed by atoms with Crippen LogP contribution < -0.4 is 14.8 Å². The molecule has 4 rings (SSSR count). The summed E-state index contributed by atoms with van der Waals surface area (Å²) in [6.45, 7) is 2.55. The van der Waals surface area contributed by atoms with Gasteiger partial charge in [-0.3, -0.25) is 0 Å². The van der Waals surface area contributed by atoms with Gasteiger partial charge in [0, 0.05) is 31.1 Å². The summed E-state index contributed by atoms with van der Waals surface area (Å²) in [5.41, 5.74) is 1.11. The van der Waals surface area contributed by atoms with Crippen LogP contribution in [0.3, 0.4) is 0 Å². The van der Waals surface area contributed by atoms with Gasteiger partial charge in [0.1, 0.15) is 13.2 Å². The lowest BCUT2D eigenvalue weighted by Gasteiger charge is -2.27. The molecule has 2 aliphatic rings. The summed E-state index contributed by atoms with van der Waals surface area (Å²) in [4.78, 5) is 18.8. The third-order valence-electron chi connectivity index (χ3n) is 4.56. The van der Waals surface area contributed by atoms with Gasteiger partial charge in [-0.05, 0) is 30.5 Å². The minimum atomic E-state index is -0.00561. The molecule has 6 nitrogen and oxygen atoms in total. The van der Waals surface area contributed by atoms with Crippen LogP contribution in [0.15, 0.2) is 29.8 Å². The summed E-state index contributed by atoms with van der Waals surface area (Å²) in [6, 6.07) is 6.09. The van der Waals surface area contributed by atoms with E-state index in [1.165, 1.54) is 0 Å². The molecular weight excluding hydrogens is 338 g/mol. The molecule has 7 heteroatoms. The van der Waals surface area contributed by atoms with Crippen LogP contribution in [0.1, 0.15) is 29.5 Å². The fraction of sp³-hybridized carbons (Fsp3) is 0.444. The molecule has 1 unspecified atom stereocenters. The van der Waals surface area contributed by atoms with Crippen LogP contribution in [0.2, 0.25) is 0 Å². The van der Waals surface area contributed by atoms with Crippen molar-refractivity contribution >= 4 is 17.4 Å². The average Bonchev–Trinajstić information content (AvgIpc) is 3.33. The van der Waals surface area contributed by atoms with Gasteiger partial charge in [-0.15, -0.1) is 11.3 Å². The molecule has 0 aliphatic carbocycles. The normalized spacial score (nSPS) is 19.0. The van der Waals surface area contributed by atoms with Gasteiger partial charge < -0.3 is 19.7 Å². The predicted molar refractivity (Wildman–Crippen MR) is 95.3 cm³/mol. The highest BCUT2D eigenvalue weighted by Gasteiger charge is 2.30. The largest absolute Gasteiger partial charge is 0.486 e. The number of carbonyl (C=O) groups excluding carboxylic acids is 1. The Labute approximate surface area is 150 Å². The number of rotatable bonds is 4. The van der Waals surface area contributed by atoms with Gasteiger partial charge >= 0.3 is 6.03 Å². The monoisotopic (exact) mass is 359 g/mol. The maximum Gasteiger partial charge on any atom is 0.317 e. The van der Waals surface area contributed by atoms with Gasteiger partial charge in [0.25, 0.3) is 0 Å². The number of urea groups is 1. The molecule has 1 aromatic heterocycles. The molecule has 1 atom stereocenters. The summed E-state index contributed by atoms with van der Waals surface area (Å²) in [5, 5.41) is 6.02. The van der Waals surface area contributed by atoms with Crippen molar-refractivity contribution < 1.29 is 14.3 Å². The first kappa shape index (κ1) is 16.2. The van der Waals surface area contributed by atoms with Crippen LogP contribution in [0, 0.1) is 0 Å². The SMILES string of the molecule is O=C(NCCc1nccs1)N1CCCC1c1ccc2c(c1)OCCO2. The number of fused-ring (bicyclic) bond motifs is 1. The maximum atomic E-state index is 12.6. The van der Waals surface area contributed by atoms with Gasteiger partial charge in [0.15, 0.2) is 11.5 Å². The Balaban J connectivity index is 1.40. The van der Waals surface area contributed by atoms with Gasteiger partial charge in [-0.1, -0.05) is 6.07 Å². The van der Waals surface area contributed by atoms with E-state index >= 15 is 0 Å². The number of benzene rings is 1. The van der Waals surface area contributed by atoms with E-state index in [-0.39, 0.29) is 12.1 Å². The van der Waals surface area contributed by atoms with E-state index in [0.717, 1.165) is 47.9 Å². The summed E-state index contributed by atoms with van der Waals surface area (Å²) < 4.78 is 11.3.